The molecule has 0 unspecified atom stereocenters. The molecular weight excluding hydrogens is 292 g/mol. The summed E-state index contributed by atoms with van der Waals surface area (Å²) in [4.78, 5) is 0. The van der Waals surface area contributed by atoms with Crippen molar-refractivity contribution in [2.45, 2.75) is 32.3 Å². The maximum atomic E-state index is 10.6. The minimum absolute atomic E-state index is 0.126. The molecule has 3 aromatic carbocycles. The third-order valence-corrected chi connectivity index (χ3v) is 4.43. The number of hydrogen-bond donors (Lipinski definition) is 1. The van der Waals surface area contributed by atoms with E-state index in [0.717, 1.165) is 16.7 Å². The third kappa shape index (κ3) is 3.58. The zero-order chi connectivity index (χ0) is 17.2. The largest absolute Gasteiger partial charge is 0.384 e. The second-order valence-electron chi connectivity index (χ2n) is 7.26. The zero-order valence-corrected chi connectivity index (χ0v) is 14.5. The van der Waals surface area contributed by atoms with E-state index in [1.54, 1.807) is 0 Å². The quantitative estimate of drug-likeness (QED) is 0.654. The van der Waals surface area contributed by atoms with Crippen LogP contribution in [0.2, 0.25) is 0 Å². The van der Waals surface area contributed by atoms with E-state index >= 15 is 0 Å². The molecule has 24 heavy (non-hydrogen) atoms. The van der Waals surface area contributed by atoms with Crippen LogP contribution in [0.3, 0.4) is 0 Å². The molecule has 0 heterocycles. The Kier molecular flexibility index (Phi) is 4.55. The fourth-order valence-electron chi connectivity index (χ4n) is 2.85. The van der Waals surface area contributed by atoms with Gasteiger partial charge in [0.15, 0.2) is 0 Å². The molecule has 3 aromatic rings. The predicted octanol–water partition coefficient (Wildman–Crippen LogP) is 5.73. The molecule has 1 N–H and O–H groups in total. The molecule has 122 valence electrons. The van der Waals surface area contributed by atoms with Crippen LogP contribution >= 0.6 is 0 Å². The van der Waals surface area contributed by atoms with Gasteiger partial charge in [-0.1, -0.05) is 99.6 Å². The first kappa shape index (κ1) is 16.5. The van der Waals surface area contributed by atoms with E-state index in [-0.39, 0.29) is 5.41 Å². The maximum absolute atomic E-state index is 10.6. The Hall–Kier alpha value is -2.38. The molecule has 0 saturated heterocycles. The van der Waals surface area contributed by atoms with E-state index in [1.165, 1.54) is 11.1 Å². The van der Waals surface area contributed by atoms with Crippen molar-refractivity contribution in [3.8, 4) is 11.1 Å². The molecule has 0 fully saturated rings. The van der Waals surface area contributed by atoms with Crippen LogP contribution < -0.4 is 0 Å². The van der Waals surface area contributed by atoms with Crippen molar-refractivity contribution >= 4 is 0 Å². The summed E-state index contributed by atoms with van der Waals surface area (Å²) in [5.74, 6) is 0. The number of aliphatic hydroxyl groups is 1. The van der Waals surface area contributed by atoms with Crippen LogP contribution in [0.5, 0.6) is 0 Å². The highest BCUT2D eigenvalue weighted by Crippen LogP contribution is 2.28. The Morgan fingerprint density at radius 1 is 0.625 bits per heavy atom. The lowest BCUT2D eigenvalue weighted by atomic mass is 9.86. The Morgan fingerprint density at radius 2 is 1.08 bits per heavy atom. The van der Waals surface area contributed by atoms with Gasteiger partial charge in [0.1, 0.15) is 6.10 Å². The summed E-state index contributed by atoms with van der Waals surface area (Å²) in [6, 6.07) is 26.7. The van der Waals surface area contributed by atoms with Crippen molar-refractivity contribution in [2.75, 3.05) is 0 Å². The van der Waals surface area contributed by atoms with Crippen LogP contribution in [0.15, 0.2) is 78.9 Å². The molecule has 0 aliphatic heterocycles. The van der Waals surface area contributed by atoms with Crippen molar-refractivity contribution in [1.29, 1.82) is 0 Å². The molecule has 0 aliphatic rings. The van der Waals surface area contributed by atoms with Gasteiger partial charge in [-0.3, -0.25) is 0 Å². The summed E-state index contributed by atoms with van der Waals surface area (Å²) in [5.41, 5.74) is 5.59. The van der Waals surface area contributed by atoms with Crippen molar-refractivity contribution in [3.63, 3.8) is 0 Å². The lowest BCUT2D eigenvalue weighted by Crippen LogP contribution is -2.11. The van der Waals surface area contributed by atoms with Gasteiger partial charge in [0, 0.05) is 0 Å². The Balaban J connectivity index is 1.81. The van der Waals surface area contributed by atoms with Crippen molar-refractivity contribution in [1.82, 2.24) is 0 Å². The first-order valence-corrected chi connectivity index (χ1v) is 8.39. The minimum atomic E-state index is -0.594. The molecule has 1 nitrogen and oxygen atoms in total. The number of hydrogen-bond acceptors (Lipinski definition) is 1. The standard InChI is InChI=1S/C23H24O/c1-23(2,3)21-15-13-20(14-16-21)22(24)19-11-9-18(10-12-19)17-7-5-4-6-8-17/h4-16,22,24H,1-3H3/t22-/m0/s1. The summed E-state index contributed by atoms with van der Waals surface area (Å²) < 4.78 is 0. The van der Waals surface area contributed by atoms with E-state index < -0.39 is 6.10 Å². The lowest BCUT2D eigenvalue weighted by Gasteiger charge is -2.20. The summed E-state index contributed by atoms with van der Waals surface area (Å²) in [6.07, 6.45) is -0.594. The molecule has 1 atom stereocenters. The van der Waals surface area contributed by atoms with Crippen molar-refractivity contribution < 1.29 is 5.11 Å². The van der Waals surface area contributed by atoms with Crippen molar-refractivity contribution in [3.05, 3.63) is 95.6 Å². The summed E-state index contributed by atoms with van der Waals surface area (Å²) >= 11 is 0. The topological polar surface area (TPSA) is 20.2 Å². The maximum Gasteiger partial charge on any atom is 0.104 e. The minimum Gasteiger partial charge on any atom is -0.384 e. The SMILES string of the molecule is CC(C)(C)c1ccc([C@@H](O)c2ccc(-c3ccccc3)cc2)cc1. The zero-order valence-electron chi connectivity index (χ0n) is 14.5. The second kappa shape index (κ2) is 6.62. The third-order valence-electron chi connectivity index (χ3n) is 4.43. The second-order valence-corrected chi connectivity index (χ2v) is 7.26. The number of benzene rings is 3. The molecule has 0 spiro atoms. The van der Waals surface area contributed by atoms with Crippen LogP contribution in [-0.4, -0.2) is 5.11 Å². The van der Waals surface area contributed by atoms with Gasteiger partial charge in [-0.2, -0.15) is 0 Å². The van der Waals surface area contributed by atoms with E-state index in [9.17, 15) is 5.11 Å². The van der Waals surface area contributed by atoms with E-state index in [1.807, 2.05) is 42.5 Å². The van der Waals surface area contributed by atoms with Gasteiger partial charge in [0.05, 0.1) is 0 Å². The lowest BCUT2D eigenvalue weighted by molar-refractivity contribution is 0.220. The van der Waals surface area contributed by atoms with E-state index in [2.05, 4.69) is 57.2 Å². The van der Waals surface area contributed by atoms with E-state index in [4.69, 9.17) is 0 Å². The van der Waals surface area contributed by atoms with Crippen LogP contribution in [0, 0.1) is 0 Å². The van der Waals surface area contributed by atoms with Gasteiger partial charge >= 0.3 is 0 Å². The molecular formula is C23H24O. The van der Waals surface area contributed by atoms with E-state index in [0.29, 0.717) is 0 Å². The molecule has 0 amide bonds. The first-order valence-electron chi connectivity index (χ1n) is 8.39. The summed E-state index contributed by atoms with van der Waals surface area (Å²) in [7, 11) is 0. The first-order chi connectivity index (χ1) is 11.4. The number of aliphatic hydroxyl groups excluding tert-OH is 1. The van der Waals surface area contributed by atoms with Gasteiger partial charge in [0.2, 0.25) is 0 Å². The molecule has 0 radical (unpaired) electrons. The van der Waals surface area contributed by atoms with Gasteiger partial charge in [-0.15, -0.1) is 0 Å². The smallest absolute Gasteiger partial charge is 0.104 e. The van der Waals surface area contributed by atoms with Crippen molar-refractivity contribution in [2.24, 2.45) is 0 Å². The van der Waals surface area contributed by atoms with Crippen LogP contribution in [-0.2, 0) is 5.41 Å². The normalized spacial score (nSPS) is 12.8. The highest BCUT2D eigenvalue weighted by Gasteiger charge is 2.15. The summed E-state index contributed by atoms with van der Waals surface area (Å²) in [5, 5.41) is 10.6. The predicted molar refractivity (Wildman–Crippen MR) is 101 cm³/mol. The average Bonchev–Trinajstić information content (AvgIpc) is 2.61. The highest BCUT2D eigenvalue weighted by atomic mass is 16.3. The van der Waals surface area contributed by atoms with Gasteiger partial charge < -0.3 is 5.11 Å². The van der Waals surface area contributed by atoms with Crippen LogP contribution in [0.25, 0.3) is 11.1 Å². The molecule has 0 bridgehead atoms. The highest BCUT2D eigenvalue weighted by molar-refractivity contribution is 5.63. The van der Waals surface area contributed by atoms with Gasteiger partial charge in [-0.05, 0) is 33.2 Å². The summed E-state index contributed by atoms with van der Waals surface area (Å²) in [6.45, 7) is 6.59. The van der Waals surface area contributed by atoms with Gasteiger partial charge in [0.25, 0.3) is 0 Å². The molecule has 0 aromatic heterocycles. The Bertz CT molecular complexity index is 778. The molecule has 3 rings (SSSR count). The monoisotopic (exact) mass is 316 g/mol. The average molecular weight is 316 g/mol. The Labute approximate surface area is 144 Å². The molecule has 0 saturated carbocycles. The van der Waals surface area contributed by atoms with Gasteiger partial charge in [-0.25, -0.2) is 0 Å². The van der Waals surface area contributed by atoms with Crippen LogP contribution in [0.4, 0.5) is 0 Å². The molecule has 1 heteroatoms. The fourth-order valence-corrected chi connectivity index (χ4v) is 2.85. The fraction of sp³-hybridized carbons (Fsp3) is 0.217. The van der Waals surface area contributed by atoms with Crippen LogP contribution in [0.1, 0.15) is 43.6 Å². The number of rotatable bonds is 3. The Morgan fingerprint density at radius 3 is 1.58 bits per heavy atom. The molecule has 0 aliphatic carbocycles.